The van der Waals surface area contributed by atoms with Gasteiger partial charge in [-0.25, -0.2) is 0 Å². The van der Waals surface area contributed by atoms with Crippen molar-refractivity contribution >= 4 is 5.91 Å². The fourth-order valence-corrected chi connectivity index (χ4v) is 2.63. The molecule has 2 atom stereocenters. The van der Waals surface area contributed by atoms with Crippen LogP contribution in [0.1, 0.15) is 23.7 Å². The number of hydrogen-bond donors (Lipinski definition) is 2. The quantitative estimate of drug-likeness (QED) is 0.867. The van der Waals surface area contributed by atoms with Crippen molar-refractivity contribution in [1.29, 1.82) is 0 Å². The topological polar surface area (TPSA) is 59.6 Å². The molecule has 0 spiro atoms. The predicted molar refractivity (Wildman–Crippen MR) is 82.0 cm³/mol. The van der Waals surface area contributed by atoms with Crippen LogP contribution in [0.2, 0.25) is 0 Å². The Morgan fingerprint density at radius 1 is 1.33 bits per heavy atom. The first kappa shape index (κ1) is 15.6. The number of methoxy groups -OCH3 is 2. The molecule has 1 amide bonds. The lowest BCUT2D eigenvalue weighted by Gasteiger charge is -2.29. The lowest BCUT2D eigenvalue weighted by atomic mass is 9.88. The van der Waals surface area contributed by atoms with Crippen molar-refractivity contribution in [1.82, 2.24) is 10.6 Å². The maximum absolute atomic E-state index is 12.2. The van der Waals surface area contributed by atoms with Gasteiger partial charge in [0.25, 0.3) is 5.91 Å². The minimum absolute atomic E-state index is 0.0753. The Bertz CT molecular complexity index is 490. The summed E-state index contributed by atoms with van der Waals surface area (Å²) in [7, 11) is 3.14. The number of rotatable bonds is 5. The van der Waals surface area contributed by atoms with E-state index >= 15 is 0 Å². The van der Waals surface area contributed by atoms with Gasteiger partial charge >= 0.3 is 0 Å². The van der Waals surface area contributed by atoms with E-state index in [9.17, 15) is 4.79 Å². The second kappa shape index (κ2) is 7.31. The van der Waals surface area contributed by atoms with Gasteiger partial charge in [0.2, 0.25) is 0 Å². The van der Waals surface area contributed by atoms with Crippen LogP contribution in [-0.4, -0.2) is 39.8 Å². The van der Waals surface area contributed by atoms with Crippen LogP contribution in [0.3, 0.4) is 0 Å². The molecule has 0 aromatic heterocycles. The van der Waals surface area contributed by atoms with E-state index in [4.69, 9.17) is 9.47 Å². The van der Waals surface area contributed by atoms with Crippen molar-refractivity contribution < 1.29 is 14.3 Å². The summed E-state index contributed by atoms with van der Waals surface area (Å²) in [4.78, 5) is 12.2. The van der Waals surface area contributed by atoms with Gasteiger partial charge in [0.15, 0.2) is 11.5 Å². The summed E-state index contributed by atoms with van der Waals surface area (Å²) in [6.45, 7) is 4.98. The zero-order valence-electron chi connectivity index (χ0n) is 12.9. The van der Waals surface area contributed by atoms with Crippen LogP contribution in [0.15, 0.2) is 18.2 Å². The summed E-state index contributed by atoms with van der Waals surface area (Å²) in [6.07, 6.45) is 1.16. The van der Waals surface area contributed by atoms with Crippen LogP contribution in [0.5, 0.6) is 11.5 Å². The zero-order chi connectivity index (χ0) is 15.2. The molecule has 0 radical (unpaired) electrons. The molecule has 2 unspecified atom stereocenters. The minimum atomic E-state index is -0.0753. The van der Waals surface area contributed by atoms with Crippen molar-refractivity contribution in [3.63, 3.8) is 0 Å². The average Bonchev–Trinajstić information content (AvgIpc) is 2.53. The Kier molecular flexibility index (Phi) is 5.44. The van der Waals surface area contributed by atoms with E-state index in [1.807, 2.05) is 0 Å². The van der Waals surface area contributed by atoms with Crippen LogP contribution in [0, 0.1) is 11.8 Å². The molecule has 2 N–H and O–H groups in total. The number of carbonyl (C=O) groups is 1. The predicted octanol–water partition coefficient (Wildman–Crippen LogP) is 1.68. The molecular formula is C16H24N2O3. The summed E-state index contributed by atoms with van der Waals surface area (Å²) in [5, 5.41) is 6.39. The number of piperidine rings is 1. The second-order valence-electron chi connectivity index (χ2n) is 5.51. The summed E-state index contributed by atoms with van der Waals surface area (Å²) >= 11 is 0. The third-order valence-electron chi connectivity index (χ3n) is 4.16. The van der Waals surface area contributed by atoms with E-state index in [-0.39, 0.29) is 5.91 Å². The van der Waals surface area contributed by atoms with Gasteiger partial charge < -0.3 is 20.1 Å². The van der Waals surface area contributed by atoms with Gasteiger partial charge in [0.05, 0.1) is 14.2 Å². The van der Waals surface area contributed by atoms with Crippen molar-refractivity contribution in [2.75, 3.05) is 33.9 Å². The molecule has 1 aliphatic rings. The van der Waals surface area contributed by atoms with E-state index < -0.39 is 0 Å². The largest absolute Gasteiger partial charge is 0.493 e. The zero-order valence-corrected chi connectivity index (χ0v) is 12.9. The van der Waals surface area contributed by atoms with Crippen molar-refractivity contribution in [3.05, 3.63) is 23.8 Å². The van der Waals surface area contributed by atoms with E-state index in [1.54, 1.807) is 32.4 Å². The Balaban J connectivity index is 1.96. The van der Waals surface area contributed by atoms with Gasteiger partial charge in [-0.2, -0.15) is 0 Å². The third-order valence-corrected chi connectivity index (χ3v) is 4.16. The molecule has 5 nitrogen and oxygen atoms in total. The second-order valence-corrected chi connectivity index (χ2v) is 5.51. The number of hydrogen-bond acceptors (Lipinski definition) is 4. The molecular weight excluding hydrogens is 268 g/mol. The summed E-state index contributed by atoms with van der Waals surface area (Å²) < 4.78 is 10.4. The SMILES string of the molecule is COc1ccc(C(=O)NCC2CNCCC2C)cc1OC. The van der Waals surface area contributed by atoms with E-state index in [0.717, 1.165) is 19.5 Å². The molecule has 1 aromatic carbocycles. The normalized spacial score (nSPS) is 21.7. The van der Waals surface area contributed by atoms with Gasteiger partial charge in [-0.15, -0.1) is 0 Å². The molecule has 1 heterocycles. The number of ether oxygens (including phenoxy) is 2. The fourth-order valence-electron chi connectivity index (χ4n) is 2.63. The fraction of sp³-hybridized carbons (Fsp3) is 0.562. The monoisotopic (exact) mass is 292 g/mol. The van der Waals surface area contributed by atoms with Crippen LogP contribution in [0.4, 0.5) is 0 Å². The van der Waals surface area contributed by atoms with Crippen LogP contribution < -0.4 is 20.1 Å². The number of amides is 1. The van der Waals surface area contributed by atoms with Crippen molar-refractivity contribution in [2.24, 2.45) is 11.8 Å². The highest BCUT2D eigenvalue weighted by atomic mass is 16.5. The van der Waals surface area contributed by atoms with E-state index in [2.05, 4.69) is 17.6 Å². The molecule has 21 heavy (non-hydrogen) atoms. The smallest absolute Gasteiger partial charge is 0.251 e. The summed E-state index contributed by atoms with van der Waals surface area (Å²) in [5.41, 5.74) is 0.587. The molecule has 0 bridgehead atoms. The van der Waals surface area contributed by atoms with Gasteiger partial charge in [0, 0.05) is 12.1 Å². The van der Waals surface area contributed by atoms with Crippen molar-refractivity contribution in [2.45, 2.75) is 13.3 Å². The molecule has 0 aliphatic carbocycles. The lowest BCUT2D eigenvalue weighted by Crippen LogP contribution is -2.42. The number of nitrogens with one attached hydrogen (secondary N) is 2. The Morgan fingerprint density at radius 2 is 2.10 bits per heavy atom. The number of benzene rings is 1. The molecule has 0 saturated carbocycles. The highest BCUT2D eigenvalue weighted by Crippen LogP contribution is 2.27. The van der Waals surface area contributed by atoms with Gasteiger partial charge in [0.1, 0.15) is 0 Å². The Hall–Kier alpha value is -1.75. The maximum atomic E-state index is 12.2. The maximum Gasteiger partial charge on any atom is 0.251 e. The Morgan fingerprint density at radius 3 is 2.76 bits per heavy atom. The van der Waals surface area contributed by atoms with E-state index in [1.165, 1.54) is 0 Å². The molecule has 116 valence electrons. The number of carbonyl (C=O) groups excluding carboxylic acids is 1. The standard InChI is InChI=1S/C16H24N2O3/c1-11-6-7-17-9-13(11)10-18-16(19)12-4-5-14(20-2)15(8-12)21-3/h4-5,8,11,13,17H,6-7,9-10H2,1-3H3,(H,18,19). The van der Waals surface area contributed by atoms with Crippen molar-refractivity contribution in [3.8, 4) is 11.5 Å². The molecule has 1 saturated heterocycles. The molecule has 1 fully saturated rings. The lowest BCUT2D eigenvalue weighted by molar-refractivity contribution is 0.0938. The Labute approximate surface area is 126 Å². The summed E-state index contributed by atoms with van der Waals surface area (Å²) in [5.74, 6) is 2.24. The molecule has 1 aromatic rings. The van der Waals surface area contributed by atoms with Gasteiger partial charge in [-0.3, -0.25) is 4.79 Å². The average molecular weight is 292 g/mol. The van der Waals surface area contributed by atoms with Gasteiger partial charge in [-0.05, 0) is 49.5 Å². The van der Waals surface area contributed by atoms with Crippen LogP contribution >= 0.6 is 0 Å². The highest BCUT2D eigenvalue weighted by molar-refractivity contribution is 5.94. The first-order valence-electron chi connectivity index (χ1n) is 7.36. The first-order valence-corrected chi connectivity index (χ1v) is 7.36. The highest BCUT2D eigenvalue weighted by Gasteiger charge is 2.21. The third kappa shape index (κ3) is 3.88. The molecule has 2 rings (SSSR count). The van der Waals surface area contributed by atoms with Crippen LogP contribution in [-0.2, 0) is 0 Å². The van der Waals surface area contributed by atoms with E-state index in [0.29, 0.717) is 35.4 Å². The first-order chi connectivity index (χ1) is 10.2. The van der Waals surface area contributed by atoms with Crippen LogP contribution in [0.25, 0.3) is 0 Å². The molecule has 1 aliphatic heterocycles. The molecule has 5 heteroatoms. The summed E-state index contributed by atoms with van der Waals surface area (Å²) in [6, 6.07) is 5.20. The minimum Gasteiger partial charge on any atom is -0.493 e. The van der Waals surface area contributed by atoms with Gasteiger partial charge in [-0.1, -0.05) is 6.92 Å².